The highest BCUT2D eigenvalue weighted by Gasteiger charge is 2.26. The van der Waals surface area contributed by atoms with Crippen molar-refractivity contribution in [1.82, 2.24) is 0 Å². The molecule has 1 aliphatic heterocycles. The van der Waals surface area contributed by atoms with Gasteiger partial charge < -0.3 is 5.32 Å². The zero-order valence-electron chi connectivity index (χ0n) is 11.2. The maximum absolute atomic E-state index is 12.1. The first-order valence-electron chi connectivity index (χ1n) is 6.32. The predicted octanol–water partition coefficient (Wildman–Crippen LogP) is 4.14. The Morgan fingerprint density at radius 3 is 2.50 bits per heavy atom. The summed E-state index contributed by atoms with van der Waals surface area (Å²) in [4.78, 5) is 16.5. The number of amides is 1. The summed E-state index contributed by atoms with van der Waals surface area (Å²) in [6.45, 7) is 4.02. The van der Waals surface area contributed by atoms with Crippen molar-refractivity contribution in [3.8, 4) is 0 Å². The topological polar surface area (TPSA) is 41.5 Å². The minimum absolute atomic E-state index is 0.155. The summed E-state index contributed by atoms with van der Waals surface area (Å²) >= 11 is 3.47. The van der Waals surface area contributed by atoms with E-state index in [1.165, 1.54) is 5.56 Å². The highest BCUT2D eigenvalue weighted by atomic mass is 79.9. The summed E-state index contributed by atoms with van der Waals surface area (Å²) in [7, 11) is 0. The number of nitrogens with zero attached hydrogens (tertiary/aromatic N) is 1. The second-order valence-electron chi connectivity index (χ2n) is 4.90. The molecule has 1 N–H and O–H groups in total. The minimum atomic E-state index is -0.155. The Balaban J connectivity index is 2.10. The van der Waals surface area contributed by atoms with E-state index in [1.54, 1.807) is 0 Å². The third-order valence-corrected chi connectivity index (χ3v) is 4.15. The predicted molar refractivity (Wildman–Crippen MR) is 84.9 cm³/mol. The molecule has 0 spiro atoms. The van der Waals surface area contributed by atoms with Gasteiger partial charge >= 0.3 is 0 Å². The molecule has 20 heavy (non-hydrogen) atoms. The molecular formula is C16H13BrN2O. The number of aliphatic imine (C=N–C) groups is 1. The van der Waals surface area contributed by atoms with Crippen LogP contribution in [0, 0.1) is 13.8 Å². The first kappa shape index (κ1) is 13.1. The highest BCUT2D eigenvalue weighted by Crippen LogP contribution is 2.31. The van der Waals surface area contributed by atoms with Gasteiger partial charge in [-0.2, -0.15) is 0 Å². The Bertz CT molecular complexity index is 733. The lowest BCUT2D eigenvalue weighted by molar-refractivity contribution is -0.110. The molecule has 2 aromatic carbocycles. The summed E-state index contributed by atoms with van der Waals surface area (Å²) < 4.78 is 0.980. The molecule has 1 aliphatic rings. The molecule has 1 amide bonds. The van der Waals surface area contributed by atoms with Crippen LogP contribution in [0.3, 0.4) is 0 Å². The third kappa shape index (κ3) is 2.27. The number of carbonyl (C=O) groups excluding carboxylic acids is 1. The Labute approximate surface area is 125 Å². The van der Waals surface area contributed by atoms with E-state index in [9.17, 15) is 4.79 Å². The second kappa shape index (κ2) is 4.87. The SMILES string of the molecule is Cc1ccc(N=C2C(=O)Nc3cc(Br)c(C)cc32)cc1. The first-order chi connectivity index (χ1) is 9.54. The van der Waals surface area contributed by atoms with E-state index in [0.717, 1.165) is 27.0 Å². The molecule has 0 atom stereocenters. The quantitative estimate of drug-likeness (QED) is 0.839. The Hall–Kier alpha value is -1.94. The molecule has 0 saturated carbocycles. The van der Waals surface area contributed by atoms with Crippen LogP contribution >= 0.6 is 15.9 Å². The average molecular weight is 329 g/mol. The molecule has 2 aromatic rings. The first-order valence-corrected chi connectivity index (χ1v) is 7.11. The largest absolute Gasteiger partial charge is 0.320 e. The van der Waals surface area contributed by atoms with Gasteiger partial charge in [0.2, 0.25) is 0 Å². The van der Waals surface area contributed by atoms with Gasteiger partial charge in [-0.25, -0.2) is 4.99 Å². The number of aryl methyl sites for hydroxylation is 2. The minimum Gasteiger partial charge on any atom is -0.320 e. The number of hydrogen-bond donors (Lipinski definition) is 1. The fourth-order valence-corrected chi connectivity index (χ4v) is 2.49. The van der Waals surface area contributed by atoms with Gasteiger partial charge in [-0.15, -0.1) is 0 Å². The van der Waals surface area contributed by atoms with Crippen molar-refractivity contribution >= 4 is 38.9 Å². The molecule has 0 aliphatic carbocycles. The number of anilines is 1. The maximum atomic E-state index is 12.1. The molecule has 100 valence electrons. The Morgan fingerprint density at radius 1 is 1.10 bits per heavy atom. The molecule has 0 fully saturated rings. The van der Waals surface area contributed by atoms with Crippen LogP contribution < -0.4 is 5.32 Å². The lowest BCUT2D eigenvalue weighted by Crippen LogP contribution is -2.13. The van der Waals surface area contributed by atoms with Crippen molar-refractivity contribution in [2.45, 2.75) is 13.8 Å². The monoisotopic (exact) mass is 328 g/mol. The number of carbonyl (C=O) groups is 1. The lowest BCUT2D eigenvalue weighted by Gasteiger charge is -2.03. The van der Waals surface area contributed by atoms with Gasteiger partial charge in [0.25, 0.3) is 5.91 Å². The normalized spacial score (nSPS) is 15.3. The van der Waals surface area contributed by atoms with Crippen molar-refractivity contribution in [3.63, 3.8) is 0 Å². The maximum Gasteiger partial charge on any atom is 0.275 e. The number of hydrogen-bond acceptors (Lipinski definition) is 2. The van der Waals surface area contributed by atoms with E-state index >= 15 is 0 Å². The molecule has 0 bridgehead atoms. The van der Waals surface area contributed by atoms with Gasteiger partial charge in [-0.3, -0.25) is 4.79 Å². The molecular weight excluding hydrogens is 316 g/mol. The molecule has 0 radical (unpaired) electrons. The molecule has 1 heterocycles. The van der Waals surface area contributed by atoms with E-state index < -0.39 is 0 Å². The van der Waals surface area contributed by atoms with Gasteiger partial charge in [-0.1, -0.05) is 33.6 Å². The molecule has 0 saturated heterocycles. The average Bonchev–Trinajstić information content (AvgIpc) is 2.69. The summed E-state index contributed by atoms with van der Waals surface area (Å²) in [5.74, 6) is -0.155. The number of benzene rings is 2. The number of nitrogens with one attached hydrogen (secondary N) is 1. The zero-order chi connectivity index (χ0) is 14.3. The lowest BCUT2D eigenvalue weighted by atomic mass is 10.1. The molecule has 3 rings (SSSR count). The Morgan fingerprint density at radius 2 is 1.80 bits per heavy atom. The van der Waals surface area contributed by atoms with Crippen molar-refractivity contribution in [2.75, 3.05) is 5.32 Å². The van der Waals surface area contributed by atoms with E-state index in [0.29, 0.717) is 5.71 Å². The van der Waals surface area contributed by atoms with Gasteiger partial charge in [0.15, 0.2) is 0 Å². The van der Waals surface area contributed by atoms with E-state index in [1.807, 2.05) is 50.2 Å². The molecule has 3 nitrogen and oxygen atoms in total. The number of rotatable bonds is 1. The van der Waals surface area contributed by atoms with Gasteiger partial charge in [-0.05, 0) is 43.7 Å². The molecule has 4 heteroatoms. The van der Waals surface area contributed by atoms with Crippen molar-refractivity contribution < 1.29 is 4.79 Å². The van der Waals surface area contributed by atoms with E-state index in [4.69, 9.17) is 0 Å². The van der Waals surface area contributed by atoms with Crippen LogP contribution in [0.25, 0.3) is 0 Å². The zero-order valence-corrected chi connectivity index (χ0v) is 12.8. The van der Waals surface area contributed by atoms with Crippen LogP contribution in [0.15, 0.2) is 45.9 Å². The van der Waals surface area contributed by atoms with Crippen LogP contribution in [0.2, 0.25) is 0 Å². The number of fused-ring (bicyclic) bond motifs is 1. The summed E-state index contributed by atoms with van der Waals surface area (Å²) in [6, 6.07) is 11.7. The summed E-state index contributed by atoms with van der Waals surface area (Å²) in [5.41, 5.74) is 5.17. The van der Waals surface area contributed by atoms with E-state index in [-0.39, 0.29) is 5.91 Å². The summed E-state index contributed by atoms with van der Waals surface area (Å²) in [6.07, 6.45) is 0. The van der Waals surface area contributed by atoms with E-state index in [2.05, 4.69) is 26.2 Å². The van der Waals surface area contributed by atoms with Crippen LogP contribution in [0.4, 0.5) is 11.4 Å². The van der Waals surface area contributed by atoms with Crippen molar-refractivity contribution in [3.05, 3.63) is 57.6 Å². The molecule has 0 unspecified atom stereocenters. The van der Waals surface area contributed by atoms with Crippen LogP contribution in [0.1, 0.15) is 16.7 Å². The fourth-order valence-electron chi connectivity index (χ4n) is 2.14. The smallest absolute Gasteiger partial charge is 0.275 e. The van der Waals surface area contributed by atoms with Crippen molar-refractivity contribution in [1.29, 1.82) is 0 Å². The number of halogens is 1. The Kier molecular flexibility index (Phi) is 3.18. The fraction of sp³-hybridized carbons (Fsp3) is 0.125. The van der Waals surface area contributed by atoms with Gasteiger partial charge in [0.05, 0.1) is 11.4 Å². The van der Waals surface area contributed by atoms with Gasteiger partial charge in [0, 0.05) is 10.0 Å². The molecule has 0 aromatic heterocycles. The second-order valence-corrected chi connectivity index (χ2v) is 5.75. The van der Waals surface area contributed by atoms with Crippen LogP contribution in [-0.4, -0.2) is 11.6 Å². The van der Waals surface area contributed by atoms with Crippen LogP contribution in [-0.2, 0) is 4.79 Å². The van der Waals surface area contributed by atoms with Crippen molar-refractivity contribution in [2.24, 2.45) is 4.99 Å². The van der Waals surface area contributed by atoms with Crippen LogP contribution in [0.5, 0.6) is 0 Å². The third-order valence-electron chi connectivity index (χ3n) is 3.29. The standard InChI is InChI=1S/C16H13BrN2O/c1-9-3-5-11(6-4-9)18-15-12-7-10(2)13(17)8-14(12)19-16(15)20/h3-8H,1-2H3,(H,18,19,20). The van der Waals surface area contributed by atoms with Gasteiger partial charge in [0.1, 0.15) is 5.71 Å². The highest BCUT2D eigenvalue weighted by molar-refractivity contribution is 9.10. The summed E-state index contributed by atoms with van der Waals surface area (Å²) in [5, 5.41) is 2.85.